The van der Waals surface area contributed by atoms with Crippen LogP contribution in [0.5, 0.6) is 0 Å². The highest BCUT2D eigenvalue weighted by molar-refractivity contribution is 5.90. The van der Waals surface area contributed by atoms with E-state index in [0.29, 0.717) is 5.69 Å². The Morgan fingerprint density at radius 1 is 1.47 bits per heavy atom. The minimum atomic E-state index is -0.962. The maximum absolute atomic E-state index is 10.8. The fraction of sp³-hybridized carbons (Fsp3) is 0.462. The zero-order valence-corrected chi connectivity index (χ0v) is 10.6. The van der Waals surface area contributed by atoms with Gasteiger partial charge in [0.2, 0.25) is 0 Å². The van der Waals surface area contributed by atoms with E-state index < -0.39 is 5.97 Å². The number of aromatic carboxylic acids is 1. The van der Waals surface area contributed by atoms with E-state index in [1.54, 1.807) is 12.1 Å². The summed E-state index contributed by atoms with van der Waals surface area (Å²) in [6.45, 7) is 6.32. The quantitative estimate of drug-likeness (QED) is 0.687. The zero-order chi connectivity index (χ0) is 13.1. The predicted molar refractivity (Wildman–Crippen MR) is 70.4 cm³/mol. The summed E-state index contributed by atoms with van der Waals surface area (Å²) in [6, 6.07) is 4.76. The molecule has 94 valence electrons. The maximum atomic E-state index is 10.8. The fourth-order valence-electron chi connectivity index (χ4n) is 1.86. The van der Waals surface area contributed by atoms with Crippen molar-refractivity contribution in [1.82, 2.24) is 0 Å². The van der Waals surface area contributed by atoms with Crippen LogP contribution in [-0.2, 0) is 0 Å². The molecule has 4 heteroatoms. The fourth-order valence-corrected chi connectivity index (χ4v) is 1.86. The molecule has 0 saturated carbocycles. The summed E-state index contributed by atoms with van der Waals surface area (Å²) < 4.78 is 0. The Labute approximate surface area is 102 Å². The van der Waals surface area contributed by atoms with Crippen molar-refractivity contribution < 1.29 is 9.90 Å². The van der Waals surface area contributed by atoms with Gasteiger partial charge >= 0.3 is 5.97 Å². The standard InChI is InChI=1S/C13H20N2O2/c1-4-7-13(2,3)15-11-6-5-9(12(16)17)8-10(11)14/h5-6,8,15H,4,7,14H2,1-3H3,(H,16,17). The molecular formula is C13H20N2O2. The number of nitrogen functional groups attached to an aromatic ring is 1. The Bertz CT molecular complexity index is 414. The zero-order valence-electron chi connectivity index (χ0n) is 10.6. The van der Waals surface area contributed by atoms with Gasteiger partial charge in [-0.05, 0) is 38.5 Å². The number of nitrogens with one attached hydrogen (secondary N) is 1. The van der Waals surface area contributed by atoms with E-state index in [9.17, 15) is 4.79 Å². The first-order valence-electron chi connectivity index (χ1n) is 5.77. The topological polar surface area (TPSA) is 75.3 Å². The first kappa shape index (κ1) is 13.4. The molecule has 0 aliphatic carbocycles. The molecule has 0 fully saturated rings. The molecule has 0 radical (unpaired) electrons. The largest absolute Gasteiger partial charge is 0.478 e. The van der Waals surface area contributed by atoms with Crippen molar-refractivity contribution in [3.05, 3.63) is 23.8 Å². The van der Waals surface area contributed by atoms with Crippen molar-refractivity contribution >= 4 is 17.3 Å². The summed E-state index contributed by atoms with van der Waals surface area (Å²) in [5, 5.41) is 12.2. The molecule has 0 spiro atoms. The van der Waals surface area contributed by atoms with E-state index >= 15 is 0 Å². The van der Waals surface area contributed by atoms with Crippen LogP contribution in [0.25, 0.3) is 0 Å². The predicted octanol–water partition coefficient (Wildman–Crippen LogP) is 2.96. The monoisotopic (exact) mass is 236 g/mol. The van der Waals surface area contributed by atoms with Gasteiger partial charge in [0, 0.05) is 5.54 Å². The van der Waals surface area contributed by atoms with E-state index in [1.165, 1.54) is 6.07 Å². The first-order valence-corrected chi connectivity index (χ1v) is 5.77. The molecule has 0 unspecified atom stereocenters. The molecule has 0 saturated heterocycles. The first-order chi connectivity index (χ1) is 7.85. The van der Waals surface area contributed by atoms with Crippen LogP contribution in [0.15, 0.2) is 18.2 Å². The average Bonchev–Trinajstić information content (AvgIpc) is 2.20. The molecule has 0 heterocycles. The lowest BCUT2D eigenvalue weighted by Crippen LogP contribution is -2.30. The summed E-state index contributed by atoms with van der Waals surface area (Å²) in [6.07, 6.45) is 2.10. The van der Waals surface area contributed by atoms with Crippen LogP contribution in [0.2, 0.25) is 0 Å². The van der Waals surface area contributed by atoms with Gasteiger partial charge in [0.1, 0.15) is 0 Å². The number of hydrogen-bond donors (Lipinski definition) is 3. The SMILES string of the molecule is CCCC(C)(C)Nc1ccc(C(=O)O)cc1N. The normalized spacial score (nSPS) is 11.2. The number of hydrogen-bond acceptors (Lipinski definition) is 3. The maximum Gasteiger partial charge on any atom is 0.335 e. The summed E-state index contributed by atoms with van der Waals surface area (Å²) in [4.78, 5) is 10.8. The van der Waals surface area contributed by atoms with Gasteiger partial charge in [-0.3, -0.25) is 0 Å². The Morgan fingerprint density at radius 3 is 2.59 bits per heavy atom. The van der Waals surface area contributed by atoms with E-state index in [1.807, 2.05) is 0 Å². The average molecular weight is 236 g/mol. The van der Waals surface area contributed by atoms with Crippen LogP contribution < -0.4 is 11.1 Å². The van der Waals surface area contributed by atoms with Crippen LogP contribution in [0.4, 0.5) is 11.4 Å². The summed E-state index contributed by atoms with van der Waals surface area (Å²) >= 11 is 0. The van der Waals surface area contributed by atoms with Crippen molar-refractivity contribution in [3.63, 3.8) is 0 Å². The molecule has 0 aliphatic heterocycles. The number of carboxylic acid groups (broad SMARTS) is 1. The van der Waals surface area contributed by atoms with Gasteiger partial charge in [-0.2, -0.15) is 0 Å². The van der Waals surface area contributed by atoms with Gasteiger partial charge in [0.25, 0.3) is 0 Å². The molecule has 4 nitrogen and oxygen atoms in total. The van der Waals surface area contributed by atoms with Crippen LogP contribution in [0, 0.1) is 0 Å². The highest BCUT2D eigenvalue weighted by Gasteiger charge is 2.17. The molecule has 1 aromatic carbocycles. The second-order valence-corrected chi connectivity index (χ2v) is 4.87. The van der Waals surface area contributed by atoms with Gasteiger partial charge in [0.05, 0.1) is 16.9 Å². The summed E-state index contributed by atoms with van der Waals surface area (Å²) in [5.74, 6) is -0.962. The molecule has 0 aliphatic rings. The molecular weight excluding hydrogens is 216 g/mol. The van der Waals surface area contributed by atoms with Crippen LogP contribution >= 0.6 is 0 Å². The second kappa shape index (κ2) is 5.08. The van der Waals surface area contributed by atoms with Gasteiger partial charge in [0.15, 0.2) is 0 Å². The molecule has 0 aromatic heterocycles. The third-order valence-corrected chi connectivity index (χ3v) is 2.65. The smallest absolute Gasteiger partial charge is 0.335 e. The van der Waals surface area contributed by atoms with Gasteiger partial charge in [-0.15, -0.1) is 0 Å². The van der Waals surface area contributed by atoms with E-state index in [2.05, 4.69) is 26.1 Å². The third-order valence-electron chi connectivity index (χ3n) is 2.65. The second-order valence-electron chi connectivity index (χ2n) is 4.87. The Kier molecular flexibility index (Phi) is 3.99. The number of carbonyl (C=O) groups is 1. The van der Waals surface area contributed by atoms with E-state index in [-0.39, 0.29) is 11.1 Å². The Morgan fingerprint density at radius 2 is 2.12 bits per heavy atom. The highest BCUT2D eigenvalue weighted by atomic mass is 16.4. The number of benzene rings is 1. The van der Waals surface area contributed by atoms with Crippen molar-refractivity contribution in [1.29, 1.82) is 0 Å². The highest BCUT2D eigenvalue weighted by Crippen LogP contribution is 2.25. The van der Waals surface area contributed by atoms with Gasteiger partial charge < -0.3 is 16.2 Å². The molecule has 4 N–H and O–H groups in total. The number of rotatable bonds is 5. The van der Waals surface area contributed by atoms with Gasteiger partial charge in [-0.25, -0.2) is 4.79 Å². The minimum absolute atomic E-state index is 0.0480. The van der Waals surface area contributed by atoms with Crippen molar-refractivity contribution in [2.45, 2.75) is 39.2 Å². The molecule has 1 aromatic rings. The Hall–Kier alpha value is -1.71. The third kappa shape index (κ3) is 3.66. The van der Waals surface area contributed by atoms with Crippen molar-refractivity contribution in [2.75, 3.05) is 11.1 Å². The number of nitrogens with two attached hydrogens (primary N) is 1. The summed E-state index contributed by atoms with van der Waals surface area (Å²) in [7, 11) is 0. The molecule has 0 atom stereocenters. The van der Waals surface area contributed by atoms with E-state index in [4.69, 9.17) is 10.8 Å². The van der Waals surface area contributed by atoms with Crippen LogP contribution in [0.1, 0.15) is 44.0 Å². The summed E-state index contributed by atoms with van der Waals surface area (Å²) in [5.41, 5.74) is 7.25. The van der Waals surface area contributed by atoms with Crippen molar-refractivity contribution in [2.24, 2.45) is 0 Å². The molecule has 1 rings (SSSR count). The lowest BCUT2D eigenvalue weighted by molar-refractivity contribution is 0.0697. The number of carboxylic acids is 1. The van der Waals surface area contributed by atoms with Gasteiger partial charge in [-0.1, -0.05) is 13.3 Å². The van der Waals surface area contributed by atoms with Crippen molar-refractivity contribution in [3.8, 4) is 0 Å². The van der Waals surface area contributed by atoms with Crippen LogP contribution in [-0.4, -0.2) is 16.6 Å². The molecule has 17 heavy (non-hydrogen) atoms. The lowest BCUT2D eigenvalue weighted by atomic mass is 9.98. The molecule has 0 bridgehead atoms. The van der Waals surface area contributed by atoms with E-state index in [0.717, 1.165) is 18.5 Å². The van der Waals surface area contributed by atoms with Crippen LogP contribution in [0.3, 0.4) is 0 Å². The number of anilines is 2. The Balaban J connectivity index is 2.90. The lowest BCUT2D eigenvalue weighted by Gasteiger charge is -2.28. The minimum Gasteiger partial charge on any atom is -0.478 e. The molecule has 0 amide bonds.